The van der Waals surface area contributed by atoms with Crippen LogP contribution in [0.3, 0.4) is 0 Å². The Morgan fingerprint density at radius 2 is 1.92 bits per heavy atom. The molecular formula is C20H18ClNO2S2. The second-order valence-electron chi connectivity index (χ2n) is 5.88. The van der Waals surface area contributed by atoms with Crippen molar-refractivity contribution in [2.45, 2.75) is 13.5 Å². The number of hydrogen-bond donors (Lipinski definition) is 0. The molecule has 0 fully saturated rings. The summed E-state index contributed by atoms with van der Waals surface area (Å²) in [6.45, 7) is 2.23. The zero-order chi connectivity index (χ0) is 18.6. The minimum atomic E-state index is -3.66. The van der Waals surface area contributed by atoms with Crippen molar-refractivity contribution >= 4 is 44.7 Å². The van der Waals surface area contributed by atoms with E-state index < -0.39 is 10.0 Å². The first kappa shape index (κ1) is 18.7. The average molecular weight is 404 g/mol. The molecule has 0 spiro atoms. The van der Waals surface area contributed by atoms with Gasteiger partial charge in [-0.25, -0.2) is 8.42 Å². The number of thiophene rings is 1. The molecule has 3 rings (SSSR count). The number of sulfonamides is 1. The van der Waals surface area contributed by atoms with Crippen molar-refractivity contribution in [3.8, 4) is 0 Å². The lowest BCUT2D eigenvalue weighted by atomic mass is 10.2. The molecule has 0 aliphatic heterocycles. The molecule has 0 N–H and O–H groups in total. The van der Waals surface area contributed by atoms with Gasteiger partial charge in [0.1, 0.15) is 0 Å². The molecule has 6 heteroatoms. The van der Waals surface area contributed by atoms with Gasteiger partial charge in [0.25, 0.3) is 10.0 Å². The molecule has 134 valence electrons. The largest absolute Gasteiger partial charge is 0.262 e. The molecular weight excluding hydrogens is 386 g/mol. The molecule has 0 aliphatic rings. The Morgan fingerprint density at radius 1 is 1.12 bits per heavy atom. The first-order valence-electron chi connectivity index (χ1n) is 7.98. The summed E-state index contributed by atoms with van der Waals surface area (Å²) in [6, 6.07) is 16.5. The average Bonchev–Trinajstić information content (AvgIpc) is 3.11. The van der Waals surface area contributed by atoms with Crippen LogP contribution in [0.2, 0.25) is 5.02 Å². The van der Waals surface area contributed by atoms with Crippen molar-refractivity contribution in [3.63, 3.8) is 0 Å². The lowest BCUT2D eigenvalue weighted by Gasteiger charge is -2.22. The normalized spacial score (nSPS) is 11.8. The predicted molar refractivity (Wildman–Crippen MR) is 111 cm³/mol. The third-order valence-electron chi connectivity index (χ3n) is 3.78. The van der Waals surface area contributed by atoms with E-state index in [4.69, 9.17) is 11.6 Å². The van der Waals surface area contributed by atoms with Crippen LogP contribution in [0.5, 0.6) is 0 Å². The van der Waals surface area contributed by atoms with E-state index in [1.807, 2.05) is 54.1 Å². The molecule has 26 heavy (non-hydrogen) atoms. The van der Waals surface area contributed by atoms with Crippen LogP contribution in [0.15, 0.2) is 70.8 Å². The molecule has 0 saturated heterocycles. The Labute approximate surface area is 163 Å². The molecule has 0 saturated carbocycles. The minimum Gasteiger partial charge on any atom is -0.262 e. The van der Waals surface area contributed by atoms with Crippen LogP contribution in [-0.2, 0) is 16.6 Å². The highest BCUT2D eigenvalue weighted by molar-refractivity contribution is 7.95. The maximum absolute atomic E-state index is 13.0. The Balaban J connectivity index is 1.96. The number of aryl methyl sites for hydroxylation is 1. The van der Waals surface area contributed by atoms with Gasteiger partial charge in [-0.3, -0.25) is 4.31 Å². The van der Waals surface area contributed by atoms with Crippen LogP contribution in [0.1, 0.15) is 16.7 Å². The molecule has 0 amide bonds. The van der Waals surface area contributed by atoms with Gasteiger partial charge >= 0.3 is 0 Å². The molecule has 0 radical (unpaired) electrons. The molecule has 0 unspecified atom stereocenters. The second-order valence-corrected chi connectivity index (χ2v) is 8.84. The third kappa shape index (κ3) is 4.75. The van der Waals surface area contributed by atoms with Gasteiger partial charge in [-0.05, 0) is 70.8 Å². The summed E-state index contributed by atoms with van der Waals surface area (Å²) in [5.41, 5.74) is 3.34. The number of rotatable bonds is 6. The predicted octanol–water partition coefficient (Wildman–Crippen LogP) is 5.72. The summed E-state index contributed by atoms with van der Waals surface area (Å²) >= 11 is 7.52. The Kier molecular flexibility index (Phi) is 5.81. The van der Waals surface area contributed by atoms with Crippen LogP contribution in [-0.4, -0.2) is 8.42 Å². The molecule has 0 aliphatic carbocycles. The fraction of sp³-hybridized carbons (Fsp3) is 0.100. The van der Waals surface area contributed by atoms with Crippen molar-refractivity contribution in [1.82, 2.24) is 0 Å². The van der Waals surface area contributed by atoms with Crippen molar-refractivity contribution in [3.05, 3.63) is 92.5 Å². The first-order valence-corrected chi connectivity index (χ1v) is 10.8. The van der Waals surface area contributed by atoms with E-state index in [9.17, 15) is 8.42 Å². The highest BCUT2D eigenvalue weighted by atomic mass is 35.5. The van der Waals surface area contributed by atoms with E-state index in [1.54, 1.807) is 35.6 Å². The molecule has 1 aromatic heterocycles. The summed E-state index contributed by atoms with van der Waals surface area (Å²) in [5, 5.41) is 5.70. The monoisotopic (exact) mass is 403 g/mol. The lowest BCUT2D eigenvalue weighted by molar-refractivity contribution is 0.599. The van der Waals surface area contributed by atoms with E-state index in [0.717, 1.165) is 16.7 Å². The van der Waals surface area contributed by atoms with Gasteiger partial charge in [-0.2, -0.15) is 11.3 Å². The number of benzene rings is 2. The van der Waals surface area contributed by atoms with Crippen LogP contribution in [0.25, 0.3) is 6.08 Å². The molecule has 3 aromatic rings. The molecule has 0 bridgehead atoms. The highest BCUT2D eigenvalue weighted by Crippen LogP contribution is 2.24. The van der Waals surface area contributed by atoms with Gasteiger partial charge in [0.2, 0.25) is 0 Å². The van der Waals surface area contributed by atoms with E-state index in [0.29, 0.717) is 10.7 Å². The van der Waals surface area contributed by atoms with Gasteiger partial charge in [-0.15, -0.1) is 0 Å². The van der Waals surface area contributed by atoms with Crippen LogP contribution >= 0.6 is 22.9 Å². The number of halogens is 1. The molecule has 1 heterocycles. The zero-order valence-electron chi connectivity index (χ0n) is 14.2. The molecule has 2 aromatic carbocycles. The van der Waals surface area contributed by atoms with Crippen LogP contribution in [0.4, 0.5) is 5.69 Å². The quantitative estimate of drug-likeness (QED) is 0.528. The van der Waals surface area contributed by atoms with Crippen molar-refractivity contribution in [2.24, 2.45) is 0 Å². The van der Waals surface area contributed by atoms with Crippen LogP contribution < -0.4 is 4.31 Å². The lowest BCUT2D eigenvalue weighted by Crippen LogP contribution is -2.28. The minimum absolute atomic E-state index is 0.287. The Bertz CT molecular complexity index is 1010. The van der Waals surface area contributed by atoms with Crippen LogP contribution in [0, 0.1) is 6.92 Å². The van der Waals surface area contributed by atoms with Gasteiger partial charge in [0.15, 0.2) is 0 Å². The van der Waals surface area contributed by atoms with Gasteiger partial charge in [0.05, 0.1) is 17.6 Å². The summed E-state index contributed by atoms with van der Waals surface area (Å²) in [6.07, 6.45) is 1.57. The second kappa shape index (κ2) is 8.08. The Hall–Kier alpha value is -2.08. The smallest absolute Gasteiger partial charge is 0.257 e. The standard InChI is InChI=1S/C20H18ClNO2S2/c1-16-4-2-7-20(12-16)22(14-18-8-10-25-15-18)26(23,24)11-9-17-5-3-6-19(21)13-17/h2-13,15H,14H2,1H3/b11-9+. The van der Waals surface area contributed by atoms with Gasteiger partial charge < -0.3 is 0 Å². The summed E-state index contributed by atoms with van der Waals surface area (Å²) in [4.78, 5) is 0. The summed E-state index contributed by atoms with van der Waals surface area (Å²) < 4.78 is 27.5. The number of anilines is 1. The fourth-order valence-corrected chi connectivity index (χ4v) is 4.58. The summed E-state index contributed by atoms with van der Waals surface area (Å²) in [7, 11) is -3.66. The van der Waals surface area contributed by atoms with Gasteiger partial charge in [0, 0.05) is 5.02 Å². The van der Waals surface area contributed by atoms with E-state index in [2.05, 4.69) is 0 Å². The summed E-state index contributed by atoms with van der Waals surface area (Å²) in [5.74, 6) is 0. The van der Waals surface area contributed by atoms with Crippen molar-refractivity contribution < 1.29 is 8.42 Å². The first-order chi connectivity index (χ1) is 12.4. The molecule has 3 nitrogen and oxygen atoms in total. The van der Waals surface area contributed by atoms with Crippen molar-refractivity contribution in [2.75, 3.05) is 4.31 Å². The third-order valence-corrected chi connectivity index (χ3v) is 6.19. The zero-order valence-corrected chi connectivity index (χ0v) is 16.6. The number of hydrogen-bond acceptors (Lipinski definition) is 3. The maximum Gasteiger partial charge on any atom is 0.257 e. The topological polar surface area (TPSA) is 37.4 Å². The maximum atomic E-state index is 13.0. The fourth-order valence-electron chi connectivity index (χ4n) is 2.51. The van der Waals surface area contributed by atoms with E-state index in [-0.39, 0.29) is 6.54 Å². The molecule has 0 atom stereocenters. The van der Waals surface area contributed by atoms with Crippen molar-refractivity contribution in [1.29, 1.82) is 0 Å². The SMILES string of the molecule is Cc1cccc(N(Cc2ccsc2)S(=O)(=O)/C=C/c2cccc(Cl)c2)c1. The number of nitrogens with zero attached hydrogens (tertiary/aromatic N) is 1. The van der Waals surface area contributed by atoms with E-state index in [1.165, 1.54) is 9.71 Å². The van der Waals surface area contributed by atoms with Gasteiger partial charge in [-0.1, -0.05) is 35.9 Å². The highest BCUT2D eigenvalue weighted by Gasteiger charge is 2.20. The Morgan fingerprint density at radius 3 is 2.62 bits per heavy atom. The van der Waals surface area contributed by atoms with E-state index >= 15 is 0 Å².